The topological polar surface area (TPSA) is 77.0 Å². The lowest BCUT2D eigenvalue weighted by molar-refractivity contribution is -0.134. The van der Waals surface area contributed by atoms with Gasteiger partial charge in [-0.1, -0.05) is 16.8 Å². The highest BCUT2D eigenvalue weighted by atomic mass is 35.5. The van der Waals surface area contributed by atoms with E-state index in [9.17, 15) is 9.59 Å². The van der Waals surface area contributed by atoms with Gasteiger partial charge in [0, 0.05) is 7.05 Å². The summed E-state index contributed by atoms with van der Waals surface area (Å²) in [7, 11) is 1.34. The molecule has 6 nitrogen and oxygen atoms in total. The van der Waals surface area contributed by atoms with Gasteiger partial charge in [0.1, 0.15) is 0 Å². The molecule has 1 amide bonds. The Bertz CT molecular complexity index is 229. The first-order valence-corrected chi connectivity index (χ1v) is 3.79. The molecule has 0 aliphatic rings. The van der Waals surface area contributed by atoms with Crippen molar-refractivity contribution >= 4 is 28.8 Å². The van der Waals surface area contributed by atoms with Crippen molar-refractivity contribution in [3.63, 3.8) is 0 Å². The summed E-state index contributed by atoms with van der Waals surface area (Å²) in [6.45, 7) is 1.78. The molecule has 0 spiro atoms. The van der Waals surface area contributed by atoms with Crippen LogP contribution in [0.2, 0.25) is 0 Å². The van der Waals surface area contributed by atoms with Crippen LogP contribution in [-0.4, -0.2) is 30.9 Å². The number of amides is 1. The predicted molar refractivity (Wildman–Crippen MR) is 45.5 cm³/mol. The normalized spacial score (nSPS) is 10.5. The van der Waals surface area contributed by atoms with E-state index in [1.807, 2.05) is 0 Å². The van der Waals surface area contributed by atoms with Crippen LogP contribution in [0.4, 0.5) is 4.79 Å². The van der Waals surface area contributed by atoms with Crippen LogP contribution < -0.4 is 5.32 Å². The molecule has 0 radical (unpaired) electrons. The fraction of sp³-hybridized carbons (Fsp3) is 0.500. The summed E-state index contributed by atoms with van der Waals surface area (Å²) < 4.78 is 4.46. The van der Waals surface area contributed by atoms with E-state index in [1.54, 1.807) is 6.92 Å². The average molecular weight is 209 g/mol. The minimum atomic E-state index is -0.840. The molecular formula is C6H9ClN2O4. The van der Waals surface area contributed by atoms with Crippen LogP contribution in [-0.2, 0) is 14.4 Å². The van der Waals surface area contributed by atoms with E-state index in [1.165, 1.54) is 7.05 Å². The molecule has 7 heteroatoms. The first kappa shape index (κ1) is 11.7. The van der Waals surface area contributed by atoms with E-state index < -0.39 is 17.2 Å². The maximum atomic E-state index is 10.7. The van der Waals surface area contributed by atoms with Gasteiger partial charge in [-0.15, -0.1) is 0 Å². The van der Waals surface area contributed by atoms with Crippen molar-refractivity contribution in [3.8, 4) is 0 Å². The van der Waals surface area contributed by atoms with E-state index in [2.05, 4.69) is 20.0 Å². The van der Waals surface area contributed by atoms with Crippen molar-refractivity contribution in [2.24, 2.45) is 5.16 Å². The zero-order valence-corrected chi connectivity index (χ0v) is 7.92. The zero-order chi connectivity index (χ0) is 10.3. The van der Waals surface area contributed by atoms with Gasteiger partial charge in [0.15, 0.2) is 0 Å². The third-order valence-corrected chi connectivity index (χ3v) is 1.08. The van der Waals surface area contributed by atoms with Crippen molar-refractivity contribution in [1.29, 1.82) is 0 Å². The van der Waals surface area contributed by atoms with Crippen molar-refractivity contribution in [2.75, 3.05) is 13.7 Å². The first-order valence-electron chi connectivity index (χ1n) is 3.41. The minimum Gasteiger partial charge on any atom is -0.461 e. The second-order valence-corrected chi connectivity index (χ2v) is 2.09. The third-order valence-electron chi connectivity index (χ3n) is 0.857. The number of nitrogens with one attached hydrogen (secondary N) is 1. The van der Waals surface area contributed by atoms with Crippen LogP contribution in [0.15, 0.2) is 5.16 Å². The Morgan fingerprint density at radius 3 is 2.62 bits per heavy atom. The van der Waals surface area contributed by atoms with Gasteiger partial charge in [-0.25, -0.2) is 9.59 Å². The molecule has 0 saturated carbocycles. The molecule has 0 saturated heterocycles. The number of rotatable bonds is 3. The summed E-state index contributed by atoms with van der Waals surface area (Å²) in [5.41, 5.74) is 0. The number of nitrogens with zero attached hydrogens (tertiary/aromatic N) is 1. The molecule has 0 bridgehead atoms. The number of carbonyl (C=O) groups excluding carboxylic acids is 2. The van der Waals surface area contributed by atoms with E-state index >= 15 is 0 Å². The van der Waals surface area contributed by atoms with Gasteiger partial charge in [-0.3, -0.25) is 4.84 Å². The predicted octanol–water partition coefficient (Wildman–Crippen LogP) is 0.458. The summed E-state index contributed by atoms with van der Waals surface area (Å²) in [5, 5.41) is 4.58. The fourth-order valence-corrected chi connectivity index (χ4v) is 0.444. The lowest BCUT2D eigenvalue weighted by Gasteiger charge is -1.98. The Morgan fingerprint density at radius 1 is 1.54 bits per heavy atom. The van der Waals surface area contributed by atoms with Crippen LogP contribution in [0.25, 0.3) is 0 Å². The van der Waals surface area contributed by atoms with E-state index in [4.69, 9.17) is 11.6 Å². The molecule has 0 aromatic carbocycles. The van der Waals surface area contributed by atoms with Gasteiger partial charge in [-0.2, -0.15) is 0 Å². The standard InChI is InChI=1S/C6H9ClN2O4/c1-3-12-5(10)4(7)9-13-6(11)8-2/h3H2,1-2H3,(H,8,11). The quantitative estimate of drug-likeness (QED) is 0.316. The lowest BCUT2D eigenvalue weighted by atomic mass is 10.7. The average Bonchev–Trinajstić information content (AvgIpc) is 2.13. The van der Waals surface area contributed by atoms with Crippen LogP contribution in [0.3, 0.4) is 0 Å². The number of hydrogen-bond donors (Lipinski definition) is 1. The maximum absolute atomic E-state index is 10.7. The van der Waals surface area contributed by atoms with Gasteiger partial charge in [0.2, 0.25) is 0 Å². The van der Waals surface area contributed by atoms with Crippen LogP contribution in [0.5, 0.6) is 0 Å². The SMILES string of the molecule is CCOC(=O)C(Cl)=NOC(=O)NC. The molecule has 0 aromatic heterocycles. The van der Waals surface area contributed by atoms with Crippen molar-refractivity contribution in [3.05, 3.63) is 0 Å². The molecule has 0 fully saturated rings. The Balaban J connectivity index is 4.01. The second kappa shape index (κ2) is 6.24. The van der Waals surface area contributed by atoms with Gasteiger partial charge < -0.3 is 10.1 Å². The van der Waals surface area contributed by atoms with E-state index in [0.717, 1.165) is 0 Å². The lowest BCUT2D eigenvalue weighted by Crippen LogP contribution is -2.19. The number of carbonyl (C=O) groups is 2. The van der Waals surface area contributed by atoms with Crippen molar-refractivity contribution in [2.45, 2.75) is 6.92 Å². The van der Waals surface area contributed by atoms with Crippen LogP contribution in [0.1, 0.15) is 6.92 Å². The smallest absolute Gasteiger partial charge is 0.433 e. The van der Waals surface area contributed by atoms with E-state index in [-0.39, 0.29) is 6.61 Å². The number of oxime groups is 1. The summed E-state index contributed by atoms with van der Waals surface area (Å²) in [4.78, 5) is 25.3. The zero-order valence-electron chi connectivity index (χ0n) is 7.17. The summed E-state index contributed by atoms with van der Waals surface area (Å²) >= 11 is 5.28. The second-order valence-electron chi connectivity index (χ2n) is 1.73. The molecule has 0 atom stereocenters. The van der Waals surface area contributed by atoms with E-state index in [0.29, 0.717) is 0 Å². The van der Waals surface area contributed by atoms with Gasteiger partial charge in [0.25, 0.3) is 5.17 Å². The highest BCUT2D eigenvalue weighted by Gasteiger charge is 2.10. The first-order chi connectivity index (χ1) is 6.11. The number of halogens is 1. The van der Waals surface area contributed by atoms with Crippen molar-refractivity contribution in [1.82, 2.24) is 5.32 Å². The monoisotopic (exact) mass is 208 g/mol. The molecule has 0 aromatic rings. The Morgan fingerprint density at radius 2 is 2.15 bits per heavy atom. The third kappa shape index (κ3) is 5.02. The minimum absolute atomic E-state index is 0.171. The highest BCUT2D eigenvalue weighted by Crippen LogP contribution is 1.92. The molecule has 74 valence electrons. The Kier molecular flexibility index (Phi) is 5.62. The van der Waals surface area contributed by atoms with Crippen LogP contribution >= 0.6 is 11.6 Å². The van der Waals surface area contributed by atoms with Crippen molar-refractivity contribution < 1.29 is 19.2 Å². The van der Waals surface area contributed by atoms with Gasteiger partial charge in [-0.05, 0) is 6.92 Å². The maximum Gasteiger partial charge on any atom is 0.433 e. The molecule has 1 N–H and O–H groups in total. The Hall–Kier alpha value is -1.30. The largest absolute Gasteiger partial charge is 0.461 e. The molecular weight excluding hydrogens is 200 g/mol. The van der Waals surface area contributed by atoms with Crippen LogP contribution in [0, 0.1) is 0 Å². The molecule has 0 aliphatic carbocycles. The summed E-state index contributed by atoms with van der Waals surface area (Å²) in [6.07, 6.45) is -0.817. The fourth-order valence-electron chi connectivity index (χ4n) is 0.355. The summed E-state index contributed by atoms with van der Waals surface area (Å²) in [6, 6.07) is 0. The number of ether oxygens (including phenoxy) is 1. The number of esters is 1. The summed E-state index contributed by atoms with van der Waals surface area (Å²) in [5.74, 6) is -0.840. The van der Waals surface area contributed by atoms with Gasteiger partial charge >= 0.3 is 12.1 Å². The molecule has 0 rings (SSSR count). The number of hydrogen-bond acceptors (Lipinski definition) is 5. The Labute approximate surface area is 79.8 Å². The highest BCUT2D eigenvalue weighted by molar-refractivity contribution is 6.81. The molecule has 0 aliphatic heterocycles. The molecule has 0 unspecified atom stereocenters. The molecule has 0 heterocycles. The van der Waals surface area contributed by atoms with Gasteiger partial charge in [0.05, 0.1) is 6.61 Å². The molecule has 13 heavy (non-hydrogen) atoms.